The van der Waals surface area contributed by atoms with E-state index < -0.39 is 6.10 Å². The highest BCUT2D eigenvalue weighted by molar-refractivity contribution is 5.71. The zero-order valence-corrected chi connectivity index (χ0v) is 41.1. The smallest absolute Gasteiger partial charge is 0.306 e. The number of rotatable bonds is 48. The maximum atomic E-state index is 12.8. The van der Waals surface area contributed by atoms with E-state index in [0.29, 0.717) is 19.3 Å². The highest BCUT2D eigenvalue weighted by atomic mass is 16.6. The SMILES string of the molecule is CCCCCCCCCCCCCCCCCC(=O)O[C@H](COC(=O)CCCCCCCCCCCCCCC(C)C)COC(=O)CCCCCCCCCCC(C)CC. The summed E-state index contributed by atoms with van der Waals surface area (Å²) in [5, 5.41) is 0. The molecule has 0 aromatic rings. The lowest BCUT2D eigenvalue weighted by molar-refractivity contribution is -0.167. The topological polar surface area (TPSA) is 78.9 Å². The molecule has 0 saturated heterocycles. The Labute approximate surface area is 374 Å². The third kappa shape index (κ3) is 45.9. The van der Waals surface area contributed by atoms with Gasteiger partial charge in [0.2, 0.25) is 0 Å². The van der Waals surface area contributed by atoms with Crippen LogP contribution in [-0.2, 0) is 28.6 Å². The second-order valence-corrected chi connectivity index (χ2v) is 19.2. The van der Waals surface area contributed by atoms with Crippen LogP contribution in [0, 0.1) is 11.8 Å². The Bertz CT molecular complexity index is 918. The summed E-state index contributed by atoms with van der Waals surface area (Å²) in [5.74, 6) is 0.835. The van der Waals surface area contributed by atoms with Crippen molar-refractivity contribution in [3.8, 4) is 0 Å². The Kier molecular flexibility index (Phi) is 45.7. The van der Waals surface area contributed by atoms with Gasteiger partial charge in [-0.1, -0.05) is 259 Å². The van der Waals surface area contributed by atoms with Gasteiger partial charge in [0.25, 0.3) is 0 Å². The zero-order chi connectivity index (χ0) is 44.0. The Balaban J connectivity index is 4.32. The first-order valence-corrected chi connectivity index (χ1v) is 26.8. The fourth-order valence-corrected chi connectivity index (χ4v) is 8.13. The highest BCUT2D eigenvalue weighted by Gasteiger charge is 2.19. The molecule has 0 aromatic carbocycles. The van der Waals surface area contributed by atoms with Crippen LogP contribution in [-0.4, -0.2) is 37.2 Å². The van der Waals surface area contributed by atoms with Crippen molar-refractivity contribution in [3.63, 3.8) is 0 Å². The predicted molar refractivity (Wildman–Crippen MR) is 256 cm³/mol. The van der Waals surface area contributed by atoms with Crippen LogP contribution in [0.15, 0.2) is 0 Å². The van der Waals surface area contributed by atoms with E-state index in [2.05, 4.69) is 34.6 Å². The Hall–Kier alpha value is -1.59. The Morgan fingerprint density at radius 3 is 0.950 bits per heavy atom. The Morgan fingerprint density at radius 1 is 0.350 bits per heavy atom. The van der Waals surface area contributed by atoms with Gasteiger partial charge in [-0.05, 0) is 31.1 Å². The van der Waals surface area contributed by atoms with Crippen LogP contribution in [0.2, 0.25) is 0 Å². The van der Waals surface area contributed by atoms with Crippen molar-refractivity contribution in [3.05, 3.63) is 0 Å². The van der Waals surface area contributed by atoms with Gasteiger partial charge >= 0.3 is 17.9 Å². The van der Waals surface area contributed by atoms with Crippen LogP contribution in [0.25, 0.3) is 0 Å². The molecule has 6 nitrogen and oxygen atoms in total. The molecule has 0 fully saturated rings. The minimum absolute atomic E-state index is 0.0637. The molecule has 60 heavy (non-hydrogen) atoms. The molecule has 356 valence electrons. The lowest BCUT2D eigenvalue weighted by atomic mass is 9.99. The van der Waals surface area contributed by atoms with Gasteiger partial charge in [-0.25, -0.2) is 0 Å². The monoisotopic (exact) mass is 849 g/mol. The van der Waals surface area contributed by atoms with Gasteiger partial charge in [0.1, 0.15) is 13.2 Å². The highest BCUT2D eigenvalue weighted by Crippen LogP contribution is 2.18. The minimum Gasteiger partial charge on any atom is -0.462 e. The summed E-state index contributed by atoms with van der Waals surface area (Å²) in [6.07, 6.45) is 48.0. The molecule has 0 aromatic heterocycles. The summed E-state index contributed by atoms with van der Waals surface area (Å²) in [5.41, 5.74) is 0. The summed E-state index contributed by atoms with van der Waals surface area (Å²) in [4.78, 5) is 38.0. The molecule has 6 heteroatoms. The molecule has 1 unspecified atom stereocenters. The standard InChI is InChI=1S/C54H104O6/c1-6-8-9-10-11-12-13-14-15-16-21-24-31-36-41-46-54(57)60-51(48-59-53(56)45-40-35-30-26-25-28-33-38-43-50(5)7-2)47-58-52(55)44-39-34-29-23-20-18-17-19-22-27-32-37-42-49(3)4/h49-51H,6-48H2,1-5H3/t50?,51-/m1/s1. The van der Waals surface area contributed by atoms with Gasteiger partial charge < -0.3 is 14.2 Å². The minimum atomic E-state index is -0.762. The normalized spacial score (nSPS) is 12.5. The van der Waals surface area contributed by atoms with Crippen molar-refractivity contribution in [1.29, 1.82) is 0 Å². The molecule has 0 aliphatic rings. The lowest BCUT2D eigenvalue weighted by Gasteiger charge is -2.18. The van der Waals surface area contributed by atoms with Crippen LogP contribution in [0.5, 0.6) is 0 Å². The van der Waals surface area contributed by atoms with E-state index in [-0.39, 0.29) is 31.1 Å². The number of unbranched alkanes of at least 4 members (excludes halogenated alkanes) is 32. The second kappa shape index (κ2) is 46.9. The van der Waals surface area contributed by atoms with Crippen molar-refractivity contribution in [2.24, 2.45) is 11.8 Å². The fourth-order valence-electron chi connectivity index (χ4n) is 8.13. The number of hydrogen-bond acceptors (Lipinski definition) is 6. The van der Waals surface area contributed by atoms with E-state index in [1.165, 1.54) is 186 Å². The molecule has 0 N–H and O–H groups in total. The van der Waals surface area contributed by atoms with Crippen LogP contribution < -0.4 is 0 Å². The first-order chi connectivity index (χ1) is 29.3. The maximum absolute atomic E-state index is 12.8. The van der Waals surface area contributed by atoms with Crippen LogP contribution in [0.3, 0.4) is 0 Å². The van der Waals surface area contributed by atoms with E-state index in [0.717, 1.165) is 69.6 Å². The molecule has 0 rings (SSSR count). The fraction of sp³-hybridized carbons (Fsp3) is 0.944. The van der Waals surface area contributed by atoms with E-state index in [1.54, 1.807) is 0 Å². The summed E-state index contributed by atoms with van der Waals surface area (Å²) < 4.78 is 16.8. The maximum Gasteiger partial charge on any atom is 0.306 e. The quantitative estimate of drug-likeness (QED) is 0.0345. The van der Waals surface area contributed by atoms with E-state index >= 15 is 0 Å². The van der Waals surface area contributed by atoms with Crippen LogP contribution in [0.1, 0.15) is 298 Å². The molecule has 0 aliphatic heterocycles. The van der Waals surface area contributed by atoms with Crippen molar-refractivity contribution in [2.75, 3.05) is 13.2 Å². The average Bonchev–Trinajstić information content (AvgIpc) is 3.23. The zero-order valence-electron chi connectivity index (χ0n) is 41.1. The molecule has 0 saturated carbocycles. The summed E-state index contributed by atoms with van der Waals surface area (Å²) in [7, 11) is 0. The summed E-state index contributed by atoms with van der Waals surface area (Å²) in [6.45, 7) is 11.4. The molecule has 0 radical (unpaired) electrons. The van der Waals surface area contributed by atoms with Crippen molar-refractivity contribution < 1.29 is 28.6 Å². The average molecular weight is 849 g/mol. The van der Waals surface area contributed by atoms with Crippen LogP contribution in [0.4, 0.5) is 0 Å². The van der Waals surface area contributed by atoms with Crippen molar-refractivity contribution in [1.82, 2.24) is 0 Å². The van der Waals surface area contributed by atoms with Gasteiger partial charge in [-0.3, -0.25) is 14.4 Å². The molecule has 0 spiro atoms. The van der Waals surface area contributed by atoms with Crippen molar-refractivity contribution in [2.45, 2.75) is 304 Å². The van der Waals surface area contributed by atoms with Gasteiger partial charge in [0.05, 0.1) is 0 Å². The number of carbonyl (C=O) groups is 3. The van der Waals surface area contributed by atoms with E-state index in [9.17, 15) is 14.4 Å². The molecule has 0 bridgehead atoms. The molecular weight excluding hydrogens is 745 g/mol. The van der Waals surface area contributed by atoms with E-state index in [1.807, 2.05) is 0 Å². The number of esters is 3. The lowest BCUT2D eigenvalue weighted by Crippen LogP contribution is -2.30. The molecule has 0 aliphatic carbocycles. The van der Waals surface area contributed by atoms with Gasteiger partial charge in [-0.15, -0.1) is 0 Å². The van der Waals surface area contributed by atoms with Gasteiger partial charge in [0, 0.05) is 19.3 Å². The molecule has 2 atom stereocenters. The number of carbonyl (C=O) groups excluding carboxylic acids is 3. The molecule has 0 heterocycles. The number of hydrogen-bond donors (Lipinski definition) is 0. The van der Waals surface area contributed by atoms with Crippen LogP contribution >= 0.6 is 0 Å². The molecular formula is C54H104O6. The summed E-state index contributed by atoms with van der Waals surface area (Å²) in [6, 6.07) is 0. The summed E-state index contributed by atoms with van der Waals surface area (Å²) >= 11 is 0. The first kappa shape index (κ1) is 58.4. The van der Waals surface area contributed by atoms with Crippen molar-refractivity contribution >= 4 is 17.9 Å². The molecule has 0 amide bonds. The van der Waals surface area contributed by atoms with Gasteiger partial charge in [0.15, 0.2) is 6.10 Å². The Morgan fingerprint density at radius 2 is 0.633 bits per heavy atom. The largest absolute Gasteiger partial charge is 0.462 e. The predicted octanol–water partition coefficient (Wildman–Crippen LogP) is 17.3. The number of ether oxygens (including phenoxy) is 3. The van der Waals surface area contributed by atoms with E-state index in [4.69, 9.17) is 14.2 Å². The van der Waals surface area contributed by atoms with Gasteiger partial charge in [-0.2, -0.15) is 0 Å². The third-order valence-electron chi connectivity index (χ3n) is 12.6. The third-order valence-corrected chi connectivity index (χ3v) is 12.6. The first-order valence-electron chi connectivity index (χ1n) is 26.8. The second-order valence-electron chi connectivity index (χ2n) is 19.2.